The number of rotatable bonds is 5. The van der Waals surface area contributed by atoms with Gasteiger partial charge in [0.15, 0.2) is 0 Å². The van der Waals surface area contributed by atoms with Crippen molar-refractivity contribution in [2.75, 3.05) is 19.8 Å². The van der Waals surface area contributed by atoms with E-state index >= 15 is 0 Å². The molecule has 1 saturated heterocycles. The van der Waals surface area contributed by atoms with E-state index in [4.69, 9.17) is 9.47 Å². The first-order chi connectivity index (χ1) is 6.22. The molecular weight excluding hydrogens is 170 g/mol. The van der Waals surface area contributed by atoms with Gasteiger partial charge in [0.25, 0.3) is 0 Å². The van der Waals surface area contributed by atoms with E-state index in [1.807, 2.05) is 6.92 Å². The van der Waals surface area contributed by atoms with E-state index in [2.05, 4.69) is 5.32 Å². The lowest BCUT2D eigenvalue weighted by Crippen LogP contribution is -2.60. The van der Waals surface area contributed by atoms with Crippen LogP contribution in [0.1, 0.15) is 26.7 Å². The molecule has 4 heteroatoms. The minimum atomic E-state index is -0.430. The first kappa shape index (κ1) is 10.5. The van der Waals surface area contributed by atoms with Gasteiger partial charge in [0.2, 0.25) is 0 Å². The van der Waals surface area contributed by atoms with Gasteiger partial charge in [-0.2, -0.15) is 0 Å². The van der Waals surface area contributed by atoms with E-state index in [-0.39, 0.29) is 5.97 Å². The van der Waals surface area contributed by atoms with Gasteiger partial charge in [0.1, 0.15) is 5.72 Å². The van der Waals surface area contributed by atoms with E-state index in [1.165, 1.54) is 0 Å². The van der Waals surface area contributed by atoms with E-state index in [0.717, 1.165) is 13.0 Å². The summed E-state index contributed by atoms with van der Waals surface area (Å²) in [6.45, 7) is 5.69. The van der Waals surface area contributed by atoms with Gasteiger partial charge in [0.05, 0.1) is 13.0 Å². The Kier molecular flexibility index (Phi) is 3.69. The highest BCUT2D eigenvalue weighted by Gasteiger charge is 2.39. The third-order valence-corrected chi connectivity index (χ3v) is 2.13. The molecule has 0 saturated carbocycles. The molecule has 0 bridgehead atoms. The predicted octanol–water partition coefficient (Wildman–Crippen LogP) is 0.666. The van der Waals surface area contributed by atoms with Crippen LogP contribution in [-0.2, 0) is 14.3 Å². The molecule has 0 aromatic rings. The average molecular weight is 187 g/mol. The van der Waals surface area contributed by atoms with Gasteiger partial charge < -0.3 is 9.47 Å². The molecule has 1 unspecified atom stereocenters. The van der Waals surface area contributed by atoms with E-state index < -0.39 is 5.72 Å². The summed E-state index contributed by atoms with van der Waals surface area (Å²) in [6.07, 6.45) is 1.20. The molecule has 0 aromatic carbocycles. The zero-order valence-corrected chi connectivity index (χ0v) is 8.26. The molecule has 13 heavy (non-hydrogen) atoms. The fourth-order valence-corrected chi connectivity index (χ4v) is 1.45. The highest BCUT2D eigenvalue weighted by molar-refractivity contribution is 5.70. The zero-order valence-electron chi connectivity index (χ0n) is 8.26. The number of hydrogen-bond acceptors (Lipinski definition) is 4. The standard InChI is InChI=1S/C9H17NO3/c1-3-12-8(11)7-9(13-4-2)5-6-10-9/h10H,3-7H2,1-2H3. The molecule has 0 aromatic heterocycles. The molecule has 4 nitrogen and oxygen atoms in total. The molecule has 1 aliphatic heterocycles. The molecular formula is C9H17NO3. The molecule has 0 radical (unpaired) electrons. The third kappa shape index (κ3) is 2.67. The first-order valence-electron chi connectivity index (χ1n) is 4.77. The first-order valence-corrected chi connectivity index (χ1v) is 4.77. The lowest BCUT2D eigenvalue weighted by atomic mass is 9.98. The van der Waals surface area contributed by atoms with Crippen molar-refractivity contribution in [2.24, 2.45) is 0 Å². The minimum Gasteiger partial charge on any atom is -0.466 e. The van der Waals surface area contributed by atoms with Crippen LogP contribution in [0.25, 0.3) is 0 Å². The Balaban J connectivity index is 2.34. The van der Waals surface area contributed by atoms with Gasteiger partial charge in [-0.25, -0.2) is 0 Å². The van der Waals surface area contributed by atoms with Crippen LogP contribution in [0.5, 0.6) is 0 Å². The molecule has 76 valence electrons. The topological polar surface area (TPSA) is 47.6 Å². The highest BCUT2D eigenvalue weighted by atomic mass is 16.5. The van der Waals surface area contributed by atoms with Crippen LogP contribution in [0.4, 0.5) is 0 Å². The Morgan fingerprint density at radius 2 is 2.15 bits per heavy atom. The van der Waals surface area contributed by atoms with Crippen molar-refractivity contribution in [1.29, 1.82) is 0 Å². The fourth-order valence-electron chi connectivity index (χ4n) is 1.45. The van der Waals surface area contributed by atoms with Crippen LogP contribution in [0, 0.1) is 0 Å². The van der Waals surface area contributed by atoms with E-state index in [0.29, 0.717) is 19.6 Å². The van der Waals surface area contributed by atoms with Crippen molar-refractivity contribution in [3.8, 4) is 0 Å². The Morgan fingerprint density at radius 3 is 2.54 bits per heavy atom. The average Bonchev–Trinajstić information content (AvgIpc) is 2.01. The normalized spacial score (nSPS) is 26.6. The number of hydrogen-bond donors (Lipinski definition) is 1. The van der Waals surface area contributed by atoms with Gasteiger partial charge in [-0.1, -0.05) is 0 Å². The largest absolute Gasteiger partial charge is 0.466 e. The zero-order chi connectivity index (χ0) is 9.73. The Labute approximate surface area is 78.6 Å². The molecule has 1 rings (SSSR count). The molecule has 1 aliphatic rings. The SMILES string of the molecule is CCOC(=O)CC1(OCC)CCN1. The maximum Gasteiger partial charge on any atom is 0.310 e. The van der Waals surface area contributed by atoms with Crippen LogP contribution in [0.3, 0.4) is 0 Å². The lowest BCUT2D eigenvalue weighted by Gasteiger charge is -2.41. The van der Waals surface area contributed by atoms with Gasteiger partial charge in [-0.05, 0) is 13.8 Å². The summed E-state index contributed by atoms with van der Waals surface area (Å²) in [6, 6.07) is 0. The van der Waals surface area contributed by atoms with Crippen LogP contribution in [0.15, 0.2) is 0 Å². The Morgan fingerprint density at radius 1 is 1.46 bits per heavy atom. The molecule has 0 amide bonds. The Hall–Kier alpha value is -0.610. The number of ether oxygens (including phenoxy) is 2. The van der Waals surface area contributed by atoms with Crippen LogP contribution < -0.4 is 5.32 Å². The molecule has 1 heterocycles. The van der Waals surface area contributed by atoms with Gasteiger partial charge in [-0.15, -0.1) is 0 Å². The molecule has 0 spiro atoms. The van der Waals surface area contributed by atoms with Crippen molar-refractivity contribution >= 4 is 5.97 Å². The molecule has 1 atom stereocenters. The number of esters is 1. The van der Waals surface area contributed by atoms with Crippen molar-refractivity contribution in [3.63, 3.8) is 0 Å². The summed E-state index contributed by atoms with van der Waals surface area (Å²) in [5.74, 6) is -0.192. The van der Waals surface area contributed by atoms with Gasteiger partial charge in [-0.3, -0.25) is 10.1 Å². The third-order valence-electron chi connectivity index (χ3n) is 2.13. The van der Waals surface area contributed by atoms with Crippen LogP contribution >= 0.6 is 0 Å². The predicted molar refractivity (Wildman–Crippen MR) is 48.2 cm³/mol. The maximum absolute atomic E-state index is 11.2. The summed E-state index contributed by atoms with van der Waals surface area (Å²) < 4.78 is 10.3. The number of carbonyl (C=O) groups is 1. The minimum absolute atomic E-state index is 0.192. The second kappa shape index (κ2) is 4.58. The maximum atomic E-state index is 11.2. The van der Waals surface area contributed by atoms with Crippen LogP contribution in [0.2, 0.25) is 0 Å². The van der Waals surface area contributed by atoms with Crippen LogP contribution in [-0.4, -0.2) is 31.5 Å². The lowest BCUT2D eigenvalue weighted by molar-refractivity contribution is -0.163. The van der Waals surface area contributed by atoms with Crippen molar-refractivity contribution in [3.05, 3.63) is 0 Å². The quantitative estimate of drug-likeness (QED) is 0.642. The number of nitrogens with one attached hydrogen (secondary N) is 1. The summed E-state index contributed by atoms with van der Waals surface area (Å²) in [5, 5.41) is 3.13. The Bertz CT molecular complexity index is 178. The monoisotopic (exact) mass is 187 g/mol. The summed E-state index contributed by atoms with van der Waals surface area (Å²) >= 11 is 0. The van der Waals surface area contributed by atoms with Crippen molar-refractivity contribution < 1.29 is 14.3 Å². The number of carbonyl (C=O) groups excluding carboxylic acids is 1. The second-order valence-corrected chi connectivity index (χ2v) is 3.09. The van der Waals surface area contributed by atoms with Crippen molar-refractivity contribution in [1.82, 2.24) is 5.32 Å². The van der Waals surface area contributed by atoms with Gasteiger partial charge >= 0.3 is 5.97 Å². The molecule has 1 N–H and O–H groups in total. The van der Waals surface area contributed by atoms with E-state index in [9.17, 15) is 4.79 Å². The smallest absolute Gasteiger partial charge is 0.310 e. The highest BCUT2D eigenvalue weighted by Crippen LogP contribution is 2.24. The van der Waals surface area contributed by atoms with E-state index in [1.54, 1.807) is 6.92 Å². The summed E-state index contributed by atoms with van der Waals surface area (Å²) in [5.41, 5.74) is -0.430. The molecule has 0 aliphatic carbocycles. The summed E-state index contributed by atoms with van der Waals surface area (Å²) in [4.78, 5) is 11.2. The fraction of sp³-hybridized carbons (Fsp3) is 0.889. The second-order valence-electron chi connectivity index (χ2n) is 3.09. The van der Waals surface area contributed by atoms with Crippen molar-refractivity contribution in [2.45, 2.75) is 32.4 Å². The summed E-state index contributed by atoms with van der Waals surface area (Å²) in [7, 11) is 0. The molecule has 1 fully saturated rings. The van der Waals surface area contributed by atoms with Gasteiger partial charge in [0, 0.05) is 19.6 Å².